The number of ether oxygens (including phenoxy) is 2. The smallest absolute Gasteiger partial charge is 0.242 e. The fourth-order valence-corrected chi connectivity index (χ4v) is 5.62. The second kappa shape index (κ2) is 12.5. The number of sulfonamides is 1. The largest absolute Gasteiger partial charge is 0.475 e. The van der Waals surface area contributed by atoms with Crippen LogP contribution in [0.1, 0.15) is 5.56 Å². The number of aromatic amines is 1. The topological polar surface area (TPSA) is 116 Å². The number of benzene rings is 2. The van der Waals surface area contributed by atoms with Crippen LogP contribution in [0.25, 0.3) is 22.2 Å². The van der Waals surface area contributed by atoms with Crippen molar-refractivity contribution in [2.24, 2.45) is 0 Å². The van der Waals surface area contributed by atoms with Crippen LogP contribution < -0.4 is 10.1 Å². The van der Waals surface area contributed by atoms with Crippen LogP contribution >= 0.6 is 0 Å². The van der Waals surface area contributed by atoms with Gasteiger partial charge < -0.3 is 24.7 Å². The van der Waals surface area contributed by atoms with Crippen molar-refractivity contribution in [2.75, 3.05) is 73.0 Å². The molecule has 218 valence electrons. The monoisotopic (exact) mass is 579 g/mol. The lowest BCUT2D eigenvalue weighted by Crippen LogP contribution is -2.43. The van der Waals surface area contributed by atoms with Crippen LogP contribution in [0.15, 0.2) is 59.6 Å². The first-order chi connectivity index (χ1) is 19.7. The third-order valence-corrected chi connectivity index (χ3v) is 9.01. The first-order valence-electron chi connectivity index (χ1n) is 13.6. The maximum atomic E-state index is 12.5. The number of anilines is 2. The molecule has 11 nitrogen and oxygen atoms in total. The molecule has 0 amide bonds. The fourth-order valence-electron chi connectivity index (χ4n) is 4.71. The quantitative estimate of drug-likeness (QED) is 0.258. The highest BCUT2D eigenvalue weighted by Gasteiger charge is 2.20. The van der Waals surface area contributed by atoms with Crippen LogP contribution in [0, 0.1) is 0 Å². The van der Waals surface area contributed by atoms with Gasteiger partial charge in [-0.2, -0.15) is 9.97 Å². The van der Waals surface area contributed by atoms with E-state index in [-0.39, 0.29) is 4.90 Å². The highest BCUT2D eigenvalue weighted by molar-refractivity contribution is 7.89. The van der Waals surface area contributed by atoms with Crippen LogP contribution in [0.3, 0.4) is 0 Å². The summed E-state index contributed by atoms with van der Waals surface area (Å²) >= 11 is 0. The van der Waals surface area contributed by atoms with Gasteiger partial charge in [0.15, 0.2) is 0 Å². The van der Waals surface area contributed by atoms with Crippen LogP contribution in [0.5, 0.6) is 5.88 Å². The van der Waals surface area contributed by atoms with Crippen LogP contribution in [0.4, 0.5) is 11.6 Å². The molecule has 1 aliphatic heterocycles. The molecule has 0 aliphatic carbocycles. The second-order valence-electron chi connectivity index (χ2n) is 10.3. The van der Waals surface area contributed by atoms with E-state index in [1.54, 1.807) is 31.4 Å². The number of nitrogens with zero attached hydrogens (tertiary/aromatic N) is 5. The molecule has 4 aromatic rings. The van der Waals surface area contributed by atoms with Gasteiger partial charge in [0.2, 0.25) is 21.9 Å². The van der Waals surface area contributed by atoms with Gasteiger partial charge in [0.25, 0.3) is 0 Å². The summed E-state index contributed by atoms with van der Waals surface area (Å²) in [6, 6.07) is 15.1. The first kappa shape index (κ1) is 29.0. The van der Waals surface area contributed by atoms with Gasteiger partial charge >= 0.3 is 0 Å². The molecule has 2 aromatic heterocycles. The Morgan fingerprint density at radius 2 is 1.68 bits per heavy atom. The van der Waals surface area contributed by atoms with E-state index in [9.17, 15) is 8.42 Å². The zero-order valence-electron chi connectivity index (χ0n) is 23.9. The van der Waals surface area contributed by atoms with E-state index in [4.69, 9.17) is 19.4 Å². The van der Waals surface area contributed by atoms with Gasteiger partial charge in [0.05, 0.1) is 16.9 Å². The van der Waals surface area contributed by atoms with Gasteiger partial charge in [-0.1, -0.05) is 24.3 Å². The number of H-pyrrole nitrogens is 1. The fraction of sp³-hybridized carbons (Fsp3) is 0.379. The Morgan fingerprint density at radius 3 is 2.34 bits per heavy atom. The van der Waals surface area contributed by atoms with Crippen LogP contribution in [-0.2, 0) is 21.3 Å². The Labute approximate surface area is 241 Å². The molecule has 12 heteroatoms. The average molecular weight is 580 g/mol. The zero-order valence-corrected chi connectivity index (χ0v) is 24.7. The van der Waals surface area contributed by atoms with Gasteiger partial charge in [-0.3, -0.25) is 4.90 Å². The molecule has 1 saturated heterocycles. The molecule has 0 radical (unpaired) electrons. The number of piperazine rings is 1. The van der Waals surface area contributed by atoms with Crippen LogP contribution in [0.2, 0.25) is 0 Å². The maximum absolute atomic E-state index is 12.5. The van der Waals surface area contributed by atoms with E-state index < -0.39 is 10.0 Å². The van der Waals surface area contributed by atoms with Crippen molar-refractivity contribution in [3.8, 4) is 17.0 Å². The summed E-state index contributed by atoms with van der Waals surface area (Å²) in [6.07, 6.45) is 1.83. The number of hydrogen-bond donors (Lipinski definition) is 2. The zero-order chi connectivity index (χ0) is 29.0. The summed E-state index contributed by atoms with van der Waals surface area (Å²) in [7, 11) is 3.28. The van der Waals surface area contributed by atoms with E-state index in [1.807, 2.05) is 18.3 Å². The summed E-state index contributed by atoms with van der Waals surface area (Å²) in [5.41, 5.74) is 4.35. The van der Waals surface area contributed by atoms with Crippen molar-refractivity contribution >= 4 is 32.7 Å². The molecule has 0 bridgehead atoms. The highest BCUT2D eigenvalue weighted by Crippen LogP contribution is 2.35. The van der Waals surface area contributed by atoms with Gasteiger partial charge in [-0.25, -0.2) is 12.7 Å². The van der Waals surface area contributed by atoms with Crippen molar-refractivity contribution in [1.82, 2.24) is 29.1 Å². The van der Waals surface area contributed by atoms with E-state index in [0.717, 1.165) is 49.5 Å². The Balaban J connectivity index is 1.39. The number of rotatable bonds is 11. The van der Waals surface area contributed by atoms with Crippen molar-refractivity contribution < 1.29 is 17.9 Å². The highest BCUT2D eigenvalue weighted by atomic mass is 32.2. The summed E-state index contributed by atoms with van der Waals surface area (Å²) in [4.78, 5) is 17.7. The number of methoxy groups -OCH3 is 1. The molecule has 2 N–H and O–H groups in total. The van der Waals surface area contributed by atoms with Crippen molar-refractivity contribution in [3.63, 3.8) is 0 Å². The molecule has 1 aliphatic rings. The molecule has 1 fully saturated rings. The molecule has 0 unspecified atom stereocenters. The van der Waals surface area contributed by atoms with E-state index in [1.165, 1.54) is 24.0 Å². The lowest BCUT2D eigenvalue weighted by atomic mass is 10.1. The van der Waals surface area contributed by atoms with E-state index >= 15 is 0 Å². The molecular weight excluding hydrogens is 542 g/mol. The van der Waals surface area contributed by atoms with Gasteiger partial charge in [0, 0.05) is 71.4 Å². The van der Waals surface area contributed by atoms with E-state index in [2.05, 4.69) is 39.3 Å². The van der Waals surface area contributed by atoms with Crippen molar-refractivity contribution in [3.05, 3.63) is 60.3 Å². The van der Waals surface area contributed by atoms with Crippen LogP contribution in [-0.4, -0.2) is 105 Å². The molecule has 41 heavy (non-hydrogen) atoms. The molecule has 0 atom stereocenters. The van der Waals surface area contributed by atoms with Crippen molar-refractivity contribution in [1.29, 1.82) is 0 Å². The minimum Gasteiger partial charge on any atom is -0.475 e. The molecular formula is C29H37N7O4S. The SMILES string of the molecule is COCCOc1nc(Nc2ccc(CN3CCN(C)CC3)cc2)nc2[nH]cc(-c3ccc(S(=O)(=O)N(C)C)cc3)c12. The number of nitrogens with one attached hydrogen (secondary N) is 2. The minimum absolute atomic E-state index is 0.222. The number of likely N-dealkylation sites (N-methyl/N-ethyl adjacent to an activating group) is 1. The lowest BCUT2D eigenvalue weighted by Gasteiger charge is -2.32. The average Bonchev–Trinajstić information content (AvgIpc) is 3.40. The van der Waals surface area contributed by atoms with Gasteiger partial charge in [0.1, 0.15) is 12.3 Å². The number of fused-ring (bicyclic) bond motifs is 1. The summed E-state index contributed by atoms with van der Waals surface area (Å²) in [5.74, 6) is 0.806. The van der Waals surface area contributed by atoms with Gasteiger partial charge in [-0.05, 0) is 42.4 Å². The summed E-state index contributed by atoms with van der Waals surface area (Å²) in [6.45, 7) is 5.99. The standard InChI is InChI=1S/C29H37N7O4S/c1-34(2)41(37,38)24-11-7-22(8-12-24)25-19-30-27-26(25)28(40-18-17-39-4)33-29(32-27)31-23-9-5-21(6-10-23)20-36-15-13-35(3)14-16-36/h5-12,19H,13-18,20H2,1-4H3,(H2,30,31,32,33). The Hall–Kier alpha value is -3.55. The Bertz CT molecular complexity index is 1560. The number of aromatic nitrogens is 3. The lowest BCUT2D eigenvalue weighted by molar-refractivity contribution is 0.144. The summed E-state index contributed by atoms with van der Waals surface area (Å²) < 4.78 is 37.4. The third kappa shape index (κ3) is 6.68. The third-order valence-electron chi connectivity index (χ3n) is 7.18. The number of hydrogen-bond acceptors (Lipinski definition) is 9. The maximum Gasteiger partial charge on any atom is 0.242 e. The summed E-state index contributed by atoms with van der Waals surface area (Å²) in [5, 5.41) is 4.01. The Morgan fingerprint density at radius 1 is 0.976 bits per heavy atom. The van der Waals surface area contributed by atoms with Gasteiger partial charge in [-0.15, -0.1) is 0 Å². The molecule has 0 spiro atoms. The minimum atomic E-state index is -3.53. The van der Waals surface area contributed by atoms with E-state index in [0.29, 0.717) is 36.1 Å². The molecule has 2 aromatic carbocycles. The first-order valence-corrected chi connectivity index (χ1v) is 15.0. The second-order valence-corrected chi connectivity index (χ2v) is 12.5. The molecule has 0 saturated carbocycles. The Kier molecular flexibility index (Phi) is 8.85. The predicted octanol–water partition coefficient (Wildman–Crippen LogP) is 3.39. The molecule has 5 rings (SSSR count). The molecule has 3 heterocycles. The van der Waals surface area contributed by atoms with Crippen molar-refractivity contribution in [2.45, 2.75) is 11.4 Å². The predicted molar refractivity (Wildman–Crippen MR) is 160 cm³/mol. The normalized spacial score (nSPS) is 15.0.